The number of hydrogen-bond acceptors (Lipinski definition) is 4. The maximum atomic E-state index is 13.3. The summed E-state index contributed by atoms with van der Waals surface area (Å²) in [5.41, 5.74) is 1.79. The molecule has 1 aromatic carbocycles. The van der Waals surface area contributed by atoms with Gasteiger partial charge in [0.1, 0.15) is 11.5 Å². The van der Waals surface area contributed by atoms with E-state index in [1.807, 2.05) is 0 Å². The van der Waals surface area contributed by atoms with Crippen LogP contribution in [0.2, 0.25) is 0 Å². The topological polar surface area (TPSA) is 51.6 Å². The van der Waals surface area contributed by atoms with Gasteiger partial charge in [0.05, 0.1) is 11.4 Å². The van der Waals surface area contributed by atoms with Gasteiger partial charge in [-0.15, -0.1) is 0 Å². The second-order valence-electron chi connectivity index (χ2n) is 6.13. The third-order valence-electron chi connectivity index (χ3n) is 4.15. The molecular weight excluding hydrogens is 384 g/mol. The van der Waals surface area contributed by atoms with E-state index in [-0.39, 0.29) is 11.6 Å². The Morgan fingerprint density at radius 3 is 1.83 bits per heavy atom. The van der Waals surface area contributed by atoms with Crippen molar-refractivity contribution in [3.63, 3.8) is 0 Å². The van der Waals surface area contributed by atoms with Crippen LogP contribution in [0.25, 0.3) is 33.9 Å². The zero-order valence-corrected chi connectivity index (χ0v) is 14.7. The molecule has 0 N–H and O–H groups in total. The monoisotopic (exact) mass is 396 g/mol. The van der Waals surface area contributed by atoms with Crippen LogP contribution in [0.3, 0.4) is 0 Å². The predicted molar refractivity (Wildman–Crippen MR) is 98.9 cm³/mol. The number of alkyl halides is 3. The van der Waals surface area contributed by atoms with Gasteiger partial charge in [-0.1, -0.05) is 0 Å². The van der Waals surface area contributed by atoms with Crippen molar-refractivity contribution >= 4 is 0 Å². The average Bonchev–Trinajstić information content (AvgIpc) is 2.74. The Morgan fingerprint density at radius 2 is 1.28 bits per heavy atom. The summed E-state index contributed by atoms with van der Waals surface area (Å²) in [5, 5.41) is 0. The second-order valence-corrected chi connectivity index (χ2v) is 6.13. The Morgan fingerprint density at radius 1 is 0.690 bits per heavy atom. The number of benzene rings is 1. The van der Waals surface area contributed by atoms with E-state index in [9.17, 15) is 17.6 Å². The van der Waals surface area contributed by atoms with Crippen molar-refractivity contribution in [2.75, 3.05) is 0 Å². The smallest absolute Gasteiger partial charge is 0.265 e. The Balaban J connectivity index is 1.84. The largest absolute Gasteiger partial charge is 0.433 e. The minimum Gasteiger partial charge on any atom is -0.265 e. The van der Waals surface area contributed by atoms with Crippen LogP contribution in [0, 0.1) is 5.82 Å². The highest BCUT2D eigenvalue weighted by molar-refractivity contribution is 5.71. The number of nitrogens with zero attached hydrogens (tertiary/aromatic N) is 4. The summed E-state index contributed by atoms with van der Waals surface area (Å²) >= 11 is 0. The molecule has 0 spiro atoms. The zero-order chi connectivity index (χ0) is 20.4. The van der Waals surface area contributed by atoms with Crippen LogP contribution in [0.5, 0.6) is 0 Å². The number of rotatable bonds is 3. The fourth-order valence-corrected chi connectivity index (χ4v) is 2.71. The van der Waals surface area contributed by atoms with Crippen LogP contribution >= 0.6 is 0 Å². The Labute approximate surface area is 163 Å². The molecule has 0 bridgehead atoms. The van der Waals surface area contributed by atoms with Crippen LogP contribution in [0.1, 0.15) is 5.69 Å². The lowest BCUT2D eigenvalue weighted by atomic mass is 10.1. The lowest BCUT2D eigenvalue weighted by Crippen LogP contribution is -2.07. The molecule has 0 aliphatic rings. The molecular formula is C21H12F4N4. The summed E-state index contributed by atoms with van der Waals surface area (Å²) in [6.45, 7) is 0. The van der Waals surface area contributed by atoms with Gasteiger partial charge in [0.25, 0.3) is 0 Å². The lowest BCUT2D eigenvalue weighted by molar-refractivity contribution is -0.141. The molecule has 4 aromatic rings. The van der Waals surface area contributed by atoms with Crippen molar-refractivity contribution in [3.05, 3.63) is 84.7 Å². The molecule has 8 heteroatoms. The molecule has 0 aliphatic heterocycles. The maximum Gasteiger partial charge on any atom is 0.433 e. The molecule has 0 saturated carbocycles. The van der Waals surface area contributed by atoms with Crippen molar-refractivity contribution in [1.29, 1.82) is 0 Å². The van der Waals surface area contributed by atoms with Crippen molar-refractivity contribution in [2.45, 2.75) is 6.18 Å². The summed E-state index contributed by atoms with van der Waals surface area (Å²) in [5.74, 6) is -0.177. The standard InChI is InChI=1S/C21H12F4N4/c22-16-4-1-13(2-5-16)17-11-18(14-7-9-26-10-8-14)29-20(28-17)15-3-6-19(27-12-15)21(23,24)25/h1-12H. The highest BCUT2D eigenvalue weighted by Crippen LogP contribution is 2.30. The minimum atomic E-state index is -4.53. The highest BCUT2D eigenvalue weighted by Gasteiger charge is 2.32. The van der Waals surface area contributed by atoms with Gasteiger partial charge in [0.2, 0.25) is 0 Å². The van der Waals surface area contributed by atoms with E-state index < -0.39 is 11.9 Å². The van der Waals surface area contributed by atoms with Gasteiger partial charge < -0.3 is 0 Å². The van der Waals surface area contributed by atoms with E-state index in [1.165, 1.54) is 18.2 Å². The second kappa shape index (κ2) is 7.38. The molecule has 4 rings (SSSR count). The van der Waals surface area contributed by atoms with Crippen molar-refractivity contribution in [1.82, 2.24) is 19.9 Å². The third kappa shape index (κ3) is 4.11. The molecule has 3 heterocycles. The molecule has 0 aliphatic carbocycles. The van der Waals surface area contributed by atoms with E-state index >= 15 is 0 Å². The van der Waals surface area contributed by atoms with Crippen LogP contribution in [0.15, 0.2) is 73.2 Å². The molecule has 29 heavy (non-hydrogen) atoms. The normalized spacial score (nSPS) is 11.4. The quantitative estimate of drug-likeness (QED) is 0.434. The van der Waals surface area contributed by atoms with E-state index in [0.29, 0.717) is 22.5 Å². The van der Waals surface area contributed by atoms with Gasteiger partial charge >= 0.3 is 6.18 Å². The van der Waals surface area contributed by atoms with Crippen LogP contribution in [-0.4, -0.2) is 19.9 Å². The first-order chi connectivity index (χ1) is 13.9. The zero-order valence-electron chi connectivity index (χ0n) is 14.7. The molecule has 144 valence electrons. The van der Waals surface area contributed by atoms with E-state index in [2.05, 4.69) is 19.9 Å². The summed E-state index contributed by atoms with van der Waals surface area (Å²) in [7, 11) is 0. The third-order valence-corrected chi connectivity index (χ3v) is 4.15. The summed E-state index contributed by atoms with van der Waals surface area (Å²) < 4.78 is 51.7. The first-order valence-corrected chi connectivity index (χ1v) is 8.49. The highest BCUT2D eigenvalue weighted by atomic mass is 19.4. The Bertz CT molecular complexity index is 1130. The van der Waals surface area contributed by atoms with Crippen LogP contribution in [-0.2, 0) is 6.18 Å². The molecule has 0 radical (unpaired) electrons. The molecule has 3 aromatic heterocycles. The number of aromatic nitrogens is 4. The molecule has 0 fully saturated rings. The Hall–Kier alpha value is -3.68. The van der Waals surface area contributed by atoms with Gasteiger partial charge in [0.15, 0.2) is 5.82 Å². The minimum absolute atomic E-state index is 0.208. The van der Waals surface area contributed by atoms with Gasteiger partial charge in [0, 0.05) is 35.3 Å². The summed E-state index contributed by atoms with van der Waals surface area (Å²) in [6, 6.07) is 13.2. The van der Waals surface area contributed by atoms with Gasteiger partial charge in [-0.25, -0.2) is 14.4 Å². The van der Waals surface area contributed by atoms with E-state index in [4.69, 9.17) is 0 Å². The Kier molecular flexibility index (Phi) is 4.75. The SMILES string of the molecule is Fc1ccc(-c2cc(-c3ccncc3)nc(-c3ccc(C(F)(F)F)nc3)n2)cc1. The molecule has 4 nitrogen and oxygen atoms in total. The predicted octanol–water partition coefficient (Wildman–Crippen LogP) is 5.43. The number of halogens is 4. The van der Waals surface area contributed by atoms with Gasteiger partial charge in [-0.2, -0.15) is 13.2 Å². The molecule has 0 saturated heterocycles. The average molecular weight is 396 g/mol. The number of pyridine rings is 2. The maximum absolute atomic E-state index is 13.3. The van der Waals surface area contributed by atoms with Crippen LogP contribution < -0.4 is 0 Å². The summed E-state index contributed by atoms with van der Waals surface area (Å²) in [6.07, 6.45) is -0.233. The summed E-state index contributed by atoms with van der Waals surface area (Å²) in [4.78, 5) is 16.4. The van der Waals surface area contributed by atoms with Crippen molar-refractivity contribution in [2.24, 2.45) is 0 Å². The number of hydrogen-bond donors (Lipinski definition) is 0. The van der Waals surface area contributed by atoms with Crippen molar-refractivity contribution in [3.8, 4) is 33.9 Å². The van der Waals surface area contributed by atoms with Crippen molar-refractivity contribution < 1.29 is 17.6 Å². The van der Waals surface area contributed by atoms with E-state index in [1.54, 1.807) is 42.7 Å². The first kappa shape index (κ1) is 18.7. The fourth-order valence-electron chi connectivity index (χ4n) is 2.71. The van der Waals surface area contributed by atoms with Gasteiger partial charge in [-0.05, 0) is 54.6 Å². The van der Waals surface area contributed by atoms with Gasteiger partial charge in [-0.3, -0.25) is 9.97 Å². The molecule has 0 amide bonds. The molecule has 0 atom stereocenters. The lowest BCUT2D eigenvalue weighted by Gasteiger charge is -2.10. The fraction of sp³-hybridized carbons (Fsp3) is 0.0476. The van der Waals surface area contributed by atoms with Crippen LogP contribution in [0.4, 0.5) is 17.6 Å². The first-order valence-electron chi connectivity index (χ1n) is 8.49. The molecule has 0 unspecified atom stereocenters. The van der Waals surface area contributed by atoms with E-state index in [0.717, 1.165) is 17.8 Å².